The molecule has 0 aromatic carbocycles. The van der Waals surface area contributed by atoms with Crippen molar-refractivity contribution in [2.45, 2.75) is 17.6 Å². The fraction of sp³-hybridized carbons (Fsp3) is 0.500. The van der Waals surface area contributed by atoms with Gasteiger partial charge in [-0.1, -0.05) is 0 Å². The number of nitrogens with zero attached hydrogens (tertiary/aromatic N) is 2. The van der Waals surface area contributed by atoms with Crippen LogP contribution in [0.5, 0.6) is 0 Å². The van der Waals surface area contributed by atoms with Gasteiger partial charge in [-0.25, -0.2) is 0 Å². The molecule has 0 bridgehead atoms. The van der Waals surface area contributed by atoms with Gasteiger partial charge in [-0.3, -0.25) is 0 Å². The summed E-state index contributed by atoms with van der Waals surface area (Å²) in [5, 5.41) is 13.7. The predicted octanol–water partition coefficient (Wildman–Crippen LogP) is 2.30. The summed E-state index contributed by atoms with van der Waals surface area (Å²) in [7, 11) is 0. The third-order valence-electron chi connectivity index (χ3n) is 2.79. The average Bonchev–Trinajstić information content (AvgIpc) is 3.08. The highest BCUT2D eigenvalue weighted by Crippen LogP contribution is 2.46. The van der Waals surface area contributed by atoms with Gasteiger partial charge in [0, 0.05) is 17.4 Å². The van der Waals surface area contributed by atoms with Crippen LogP contribution in [-0.2, 0) is 0 Å². The maximum atomic E-state index is 10.4. The molecular formula is C10H13N3O2S. The highest BCUT2D eigenvalue weighted by molar-refractivity contribution is 8.00. The number of nitro groups is 1. The number of anilines is 1. The van der Waals surface area contributed by atoms with Gasteiger partial charge >= 0.3 is 5.82 Å². The van der Waals surface area contributed by atoms with Crippen molar-refractivity contribution in [3.63, 3.8) is 0 Å². The van der Waals surface area contributed by atoms with Crippen molar-refractivity contribution >= 4 is 23.3 Å². The first kappa shape index (κ1) is 11.2. The van der Waals surface area contributed by atoms with Gasteiger partial charge < -0.3 is 15.4 Å². The van der Waals surface area contributed by atoms with Crippen LogP contribution in [0.2, 0.25) is 0 Å². The topological polar surface area (TPSA) is 68.1 Å². The van der Waals surface area contributed by atoms with Crippen LogP contribution < -0.4 is 5.32 Å². The molecule has 1 heterocycles. The number of hydrogen-bond acceptors (Lipinski definition) is 5. The molecule has 1 aliphatic carbocycles. The first-order chi connectivity index (χ1) is 7.65. The minimum absolute atomic E-state index is 0.114. The lowest BCUT2D eigenvalue weighted by molar-refractivity contribution is -0.389. The van der Waals surface area contributed by atoms with Crippen molar-refractivity contribution in [3.8, 4) is 0 Å². The first-order valence-electron chi connectivity index (χ1n) is 5.05. The highest BCUT2D eigenvalue weighted by atomic mass is 32.2. The summed E-state index contributed by atoms with van der Waals surface area (Å²) in [4.78, 5) is 13.7. The second kappa shape index (κ2) is 4.29. The van der Waals surface area contributed by atoms with E-state index in [4.69, 9.17) is 0 Å². The molecule has 86 valence electrons. The van der Waals surface area contributed by atoms with E-state index in [2.05, 4.69) is 16.6 Å². The van der Waals surface area contributed by atoms with Crippen molar-refractivity contribution in [2.75, 3.05) is 18.1 Å². The molecule has 5 nitrogen and oxygen atoms in total. The van der Waals surface area contributed by atoms with Gasteiger partial charge in [0.05, 0.1) is 5.69 Å². The Kier molecular flexibility index (Phi) is 3.00. The van der Waals surface area contributed by atoms with Crippen LogP contribution in [0.3, 0.4) is 0 Å². The molecule has 1 aromatic rings. The average molecular weight is 239 g/mol. The Morgan fingerprint density at radius 2 is 2.38 bits per heavy atom. The monoisotopic (exact) mass is 239 g/mol. The van der Waals surface area contributed by atoms with Gasteiger partial charge in [0.25, 0.3) is 0 Å². The lowest BCUT2D eigenvalue weighted by Crippen LogP contribution is -2.17. The molecule has 1 aromatic heterocycles. The van der Waals surface area contributed by atoms with Gasteiger partial charge in [0.1, 0.15) is 0 Å². The van der Waals surface area contributed by atoms with Gasteiger partial charge in [0.15, 0.2) is 6.20 Å². The molecule has 1 fully saturated rings. The van der Waals surface area contributed by atoms with E-state index in [1.807, 2.05) is 11.8 Å². The molecule has 1 saturated carbocycles. The van der Waals surface area contributed by atoms with Gasteiger partial charge in [0.2, 0.25) is 0 Å². The summed E-state index contributed by atoms with van der Waals surface area (Å²) >= 11 is 1.87. The Morgan fingerprint density at radius 1 is 1.62 bits per heavy atom. The van der Waals surface area contributed by atoms with Crippen LogP contribution >= 0.6 is 11.8 Å². The van der Waals surface area contributed by atoms with E-state index in [1.165, 1.54) is 25.1 Å². The molecule has 1 N–H and O–H groups in total. The van der Waals surface area contributed by atoms with Crippen molar-refractivity contribution in [3.05, 3.63) is 28.4 Å². The predicted molar refractivity (Wildman–Crippen MR) is 64.9 cm³/mol. The fourth-order valence-corrected chi connectivity index (χ4v) is 2.18. The maximum Gasteiger partial charge on any atom is 0.363 e. The zero-order valence-corrected chi connectivity index (χ0v) is 9.79. The number of hydrogen-bond donors (Lipinski definition) is 1. The van der Waals surface area contributed by atoms with E-state index in [-0.39, 0.29) is 5.82 Å². The van der Waals surface area contributed by atoms with E-state index in [1.54, 1.807) is 6.07 Å². The summed E-state index contributed by atoms with van der Waals surface area (Å²) in [6.45, 7) is 0.896. The highest BCUT2D eigenvalue weighted by Gasteiger charge is 2.41. The third kappa shape index (κ3) is 2.44. The summed E-state index contributed by atoms with van der Waals surface area (Å²) in [6, 6.07) is 3.11. The molecule has 0 spiro atoms. The van der Waals surface area contributed by atoms with Crippen molar-refractivity contribution in [2.24, 2.45) is 0 Å². The van der Waals surface area contributed by atoms with Gasteiger partial charge in [-0.05, 0) is 35.1 Å². The van der Waals surface area contributed by atoms with Crippen molar-refractivity contribution < 1.29 is 4.92 Å². The Hall–Kier alpha value is -1.30. The van der Waals surface area contributed by atoms with Crippen LogP contribution in [0.1, 0.15) is 12.8 Å². The molecular weight excluding hydrogens is 226 g/mol. The van der Waals surface area contributed by atoms with Crippen molar-refractivity contribution in [1.82, 2.24) is 4.98 Å². The Labute approximate surface area is 97.8 Å². The molecule has 0 unspecified atom stereocenters. The lowest BCUT2D eigenvalue weighted by Gasteiger charge is -2.12. The summed E-state index contributed by atoms with van der Waals surface area (Å²) in [6.07, 6.45) is 6.10. The summed E-state index contributed by atoms with van der Waals surface area (Å²) in [5.41, 5.74) is 0.839. The number of nitrogens with one attached hydrogen (secondary N) is 1. The van der Waals surface area contributed by atoms with Gasteiger partial charge in [-0.2, -0.15) is 11.8 Å². The standard InChI is InChI=1S/C10H13N3O2S/c1-16-10(4-5-10)7-12-8-2-3-9(11-6-8)13(14)15/h2-3,6,12H,4-5,7H2,1H3. The summed E-state index contributed by atoms with van der Waals surface area (Å²) < 4.78 is 0.377. The minimum atomic E-state index is -0.492. The Balaban J connectivity index is 1.93. The first-order valence-corrected chi connectivity index (χ1v) is 6.27. The quantitative estimate of drug-likeness (QED) is 0.630. The molecule has 2 rings (SSSR count). The normalized spacial score (nSPS) is 16.8. The zero-order chi connectivity index (χ0) is 11.6. The molecule has 0 atom stereocenters. The smallest absolute Gasteiger partial charge is 0.363 e. The molecule has 0 amide bonds. The second-order valence-electron chi connectivity index (χ2n) is 3.90. The number of thioether (sulfide) groups is 1. The molecule has 0 saturated heterocycles. The summed E-state index contributed by atoms with van der Waals surface area (Å²) in [5.74, 6) is -0.114. The fourth-order valence-electron chi connectivity index (χ4n) is 1.45. The van der Waals surface area contributed by atoms with E-state index < -0.39 is 4.92 Å². The molecule has 6 heteroatoms. The third-order valence-corrected chi connectivity index (χ3v) is 4.21. The molecule has 0 aliphatic heterocycles. The van der Waals surface area contributed by atoms with Gasteiger partial charge in [-0.15, -0.1) is 0 Å². The largest absolute Gasteiger partial charge is 0.381 e. The van der Waals surface area contributed by atoms with E-state index in [0.29, 0.717) is 4.75 Å². The van der Waals surface area contributed by atoms with Crippen LogP contribution in [-0.4, -0.2) is 27.5 Å². The maximum absolute atomic E-state index is 10.4. The van der Waals surface area contributed by atoms with E-state index >= 15 is 0 Å². The molecule has 0 radical (unpaired) electrons. The van der Waals surface area contributed by atoms with Crippen LogP contribution in [0.15, 0.2) is 18.3 Å². The SMILES string of the molecule is CSC1(CNc2ccc([N+](=O)[O-])nc2)CC1. The van der Waals surface area contributed by atoms with E-state index in [9.17, 15) is 10.1 Å². The second-order valence-corrected chi connectivity index (χ2v) is 5.18. The Bertz CT molecular complexity index is 390. The number of pyridine rings is 1. The van der Waals surface area contributed by atoms with Crippen LogP contribution in [0, 0.1) is 10.1 Å². The Morgan fingerprint density at radius 3 is 2.81 bits per heavy atom. The molecule has 16 heavy (non-hydrogen) atoms. The van der Waals surface area contributed by atoms with Crippen LogP contribution in [0.25, 0.3) is 0 Å². The molecule has 1 aliphatic rings. The number of rotatable bonds is 5. The number of aromatic nitrogens is 1. The van der Waals surface area contributed by atoms with E-state index in [0.717, 1.165) is 12.2 Å². The van der Waals surface area contributed by atoms with Crippen molar-refractivity contribution in [1.29, 1.82) is 0 Å². The zero-order valence-electron chi connectivity index (χ0n) is 8.97. The lowest BCUT2D eigenvalue weighted by atomic mass is 10.3. The van der Waals surface area contributed by atoms with Crippen LogP contribution in [0.4, 0.5) is 11.5 Å². The minimum Gasteiger partial charge on any atom is -0.381 e.